The number of pyridine rings is 1. The molecule has 84 valence electrons. The van der Waals surface area contributed by atoms with E-state index in [1.54, 1.807) is 18.6 Å². The van der Waals surface area contributed by atoms with Crippen LogP contribution in [0.1, 0.15) is 18.4 Å². The molecule has 1 unspecified atom stereocenters. The first-order valence-electron chi connectivity index (χ1n) is 5.21. The minimum absolute atomic E-state index is 0.183. The van der Waals surface area contributed by atoms with E-state index in [1.165, 1.54) is 0 Å². The number of aromatic nitrogens is 1. The van der Waals surface area contributed by atoms with Crippen LogP contribution in [-0.4, -0.2) is 29.8 Å². The number of hydrazone groups is 1. The van der Waals surface area contributed by atoms with E-state index < -0.39 is 0 Å². The van der Waals surface area contributed by atoms with E-state index in [4.69, 9.17) is 4.74 Å². The number of amides is 1. The number of hydrogen-bond acceptors (Lipinski definition) is 4. The van der Waals surface area contributed by atoms with Crippen LogP contribution in [0.2, 0.25) is 0 Å². The summed E-state index contributed by atoms with van der Waals surface area (Å²) in [6.45, 7) is 0.657. The summed E-state index contributed by atoms with van der Waals surface area (Å²) in [5.41, 5.74) is 3.29. The Morgan fingerprint density at radius 1 is 1.69 bits per heavy atom. The summed E-state index contributed by atoms with van der Waals surface area (Å²) in [6.07, 6.45) is 6.27. The summed E-state index contributed by atoms with van der Waals surface area (Å²) in [5, 5.41) is 3.84. The molecule has 1 fully saturated rings. The van der Waals surface area contributed by atoms with Crippen molar-refractivity contribution in [3.8, 4) is 0 Å². The molecular formula is C11H13N3O2. The highest BCUT2D eigenvalue weighted by molar-refractivity contribution is 5.84. The first-order valence-corrected chi connectivity index (χ1v) is 5.21. The molecule has 0 spiro atoms. The molecule has 0 aliphatic carbocycles. The minimum Gasteiger partial charge on any atom is -0.368 e. The zero-order chi connectivity index (χ0) is 11.2. The monoisotopic (exact) mass is 219 g/mol. The fraction of sp³-hybridized carbons (Fsp3) is 0.364. The number of hydrogen-bond donors (Lipinski definition) is 1. The van der Waals surface area contributed by atoms with Gasteiger partial charge in [0.25, 0.3) is 5.91 Å². The predicted octanol–water partition coefficient (Wildman–Crippen LogP) is 0.711. The third-order valence-corrected chi connectivity index (χ3v) is 2.29. The van der Waals surface area contributed by atoms with Gasteiger partial charge < -0.3 is 4.74 Å². The first-order chi connectivity index (χ1) is 7.86. The molecule has 1 saturated heterocycles. The van der Waals surface area contributed by atoms with Crippen LogP contribution >= 0.6 is 0 Å². The zero-order valence-corrected chi connectivity index (χ0v) is 8.80. The Morgan fingerprint density at radius 2 is 2.62 bits per heavy atom. The molecule has 1 aromatic heterocycles. The lowest BCUT2D eigenvalue weighted by Crippen LogP contribution is -2.30. The highest BCUT2D eigenvalue weighted by atomic mass is 16.5. The van der Waals surface area contributed by atoms with E-state index in [-0.39, 0.29) is 12.0 Å². The number of carbonyl (C=O) groups is 1. The van der Waals surface area contributed by atoms with E-state index >= 15 is 0 Å². The minimum atomic E-state index is -0.342. The summed E-state index contributed by atoms with van der Waals surface area (Å²) >= 11 is 0. The van der Waals surface area contributed by atoms with Gasteiger partial charge in [-0.15, -0.1) is 0 Å². The number of ether oxygens (including phenoxy) is 1. The van der Waals surface area contributed by atoms with Crippen molar-refractivity contribution in [2.24, 2.45) is 5.10 Å². The van der Waals surface area contributed by atoms with E-state index in [9.17, 15) is 4.79 Å². The first kappa shape index (κ1) is 10.8. The van der Waals surface area contributed by atoms with Gasteiger partial charge >= 0.3 is 0 Å². The molecule has 0 saturated carbocycles. The standard InChI is InChI=1S/C11H13N3O2/c15-11(10-4-2-6-16-10)14-13-8-9-3-1-5-12-7-9/h1,3,5,7-8,10H,2,4,6H2,(H,14,15)/b13-8+. The van der Waals surface area contributed by atoms with Crippen LogP contribution in [0.4, 0.5) is 0 Å². The maximum Gasteiger partial charge on any atom is 0.269 e. The molecule has 16 heavy (non-hydrogen) atoms. The fourth-order valence-electron chi connectivity index (χ4n) is 1.48. The number of carbonyl (C=O) groups excluding carboxylic acids is 1. The van der Waals surface area contributed by atoms with Crippen molar-refractivity contribution in [2.75, 3.05) is 6.61 Å². The van der Waals surface area contributed by atoms with Crippen LogP contribution in [0.3, 0.4) is 0 Å². The normalized spacial score (nSPS) is 20.1. The number of nitrogens with one attached hydrogen (secondary N) is 1. The third kappa shape index (κ3) is 2.87. The topological polar surface area (TPSA) is 63.6 Å². The van der Waals surface area contributed by atoms with Gasteiger partial charge in [0.05, 0.1) is 6.21 Å². The van der Waals surface area contributed by atoms with E-state index in [0.29, 0.717) is 6.61 Å². The highest BCUT2D eigenvalue weighted by Gasteiger charge is 2.22. The van der Waals surface area contributed by atoms with Gasteiger partial charge in [0.1, 0.15) is 6.10 Å². The van der Waals surface area contributed by atoms with Crippen molar-refractivity contribution in [2.45, 2.75) is 18.9 Å². The van der Waals surface area contributed by atoms with Crippen molar-refractivity contribution in [3.05, 3.63) is 30.1 Å². The van der Waals surface area contributed by atoms with Crippen LogP contribution in [0.25, 0.3) is 0 Å². The molecule has 1 N–H and O–H groups in total. The smallest absolute Gasteiger partial charge is 0.269 e. The molecule has 5 heteroatoms. The highest BCUT2D eigenvalue weighted by Crippen LogP contribution is 2.11. The van der Waals surface area contributed by atoms with Crippen molar-refractivity contribution in [1.82, 2.24) is 10.4 Å². The number of rotatable bonds is 3. The Morgan fingerprint density at radius 3 is 3.31 bits per heavy atom. The lowest BCUT2D eigenvalue weighted by Gasteiger charge is -2.05. The Labute approximate surface area is 93.5 Å². The van der Waals surface area contributed by atoms with Gasteiger partial charge in [-0.25, -0.2) is 5.43 Å². The maximum absolute atomic E-state index is 11.5. The molecule has 1 amide bonds. The van der Waals surface area contributed by atoms with Crippen LogP contribution in [-0.2, 0) is 9.53 Å². The molecule has 1 atom stereocenters. The second-order valence-electron chi connectivity index (χ2n) is 3.52. The third-order valence-electron chi connectivity index (χ3n) is 2.29. The quantitative estimate of drug-likeness (QED) is 0.601. The lowest BCUT2D eigenvalue weighted by molar-refractivity contribution is -0.130. The Hall–Kier alpha value is -1.75. The van der Waals surface area contributed by atoms with Crippen molar-refractivity contribution in [1.29, 1.82) is 0 Å². The van der Waals surface area contributed by atoms with Gasteiger partial charge in [-0.1, -0.05) is 6.07 Å². The molecule has 1 aromatic rings. The van der Waals surface area contributed by atoms with Gasteiger partial charge in [0, 0.05) is 24.6 Å². The van der Waals surface area contributed by atoms with E-state index in [1.807, 2.05) is 12.1 Å². The van der Waals surface area contributed by atoms with Gasteiger partial charge in [0.15, 0.2) is 0 Å². The SMILES string of the molecule is O=C(N/N=C/c1cccnc1)C1CCCO1. The summed E-state index contributed by atoms with van der Waals surface area (Å²) < 4.78 is 5.22. The molecule has 2 heterocycles. The second kappa shape index (κ2) is 5.37. The second-order valence-corrected chi connectivity index (χ2v) is 3.52. The fourth-order valence-corrected chi connectivity index (χ4v) is 1.48. The van der Waals surface area contributed by atoms with E-state index in [2.05, 4.69) is 15.5 Å². The lowest BCUT2D eigenvalue weighted by atomic mass is 10.2. The van der Waals surface area contributed by atoms with Crippen LogP contribution in [0, 0.1) is 0 Å². The maximum atomic E-state index is 11.5. The molecule has 0 aromatic carbocycles. The van der Waals surface area contributed by atoms with Gasteiger partial charge in [-0.2, -0.15) is 5.10 Å². The van der Waals surface area contributed by atoms with Gasteiger partial charge in [-0.3, -0.25) is 9.78 Å². The molecule has 2 rings (SSSR count). The van der Waals surface area contributed by atoms with Crippen molar-refractivity contribution >= 4 is 12.1 Å². The van der Waals surface area contributed by atoms with Crippen LogP contribution in [0.5, 0.6) is 0 Å². The largest absolute Gasteiger partial charge is 0.368 e. The van der Waals surface area contributed by atoms with Gasteiger partial charge in [0.2, 0.25) is 0 Å². The molecule has 1 aliphatic heterocycles. The molecule has 1 aliphatic rings. The predicted molar refractivity (Wildman–Crippen MR) is 58.9 cm³/mol. The van der Waals surface area contributed by atoms with Crippen molar-refractivity contribution in [3.63, 3.8) is 0 Å². The average molecular weight is 219 g/mol. The molecule has 0 radical (unpaired) electrons. The Kier molecular flexibility index (Phi) is 3.61. The van der Waals surface area contributed by atoms with Crippen LogP contribution in [0.15, 0.2) is 29.6 Å². The summed E-state index contributed by atoms with van der Waals surface area (Å²) in [6, 6.07) is 3.66. The van der Waals surface area contributed by atoms with Gasteiger partial charge in [-0.05, 0) is 18.9 Å². The summed E-state index contributed by atoms with van der Waals surface area (Å²) in [7, 11) is 0. The van der Waals surface area contributed by atoms with E-state index in [0.717, 1.165) is 18.4 Å². The summed E-state index contributed by atoms with van der Waals surface area (Å²) in [4.78, 5) is 15.4. The zero-order valence-electron chi connectivity index (χ0n) is 8.80. The Bertz CT molecular complexity index is 372. The average Bonchev–Trinajstić information content (AvgIpc) is 2.84. The molecule has 5 nitrogen and oxygen atoms in total. The van der Waals surface area contributed by atoms with Crippen LogP contribution < -0.4 is 5.43 Å². The summed E-state index contributed by atoms with van der Waals surface area (Å²) in [5.74, 6) is -0.183. The Balaban J connectivity index is 1.82. The van der Waals surface area contributed by atoms with Crippen molar-refractivity contribution < 1.29 is 9.53 Å². The number of nitrogens with zero attached hydrogens (tertiary/aromatic N) is 2. The molecule has 0 bridgehead atoms. The molecular weight excluding hydrogens is 206 g/mol.